The molecule has 0 amide bonds. The molecule has 1 saturated heterocycles. The van der Waals surface area contributed by atoms with Gasteiger partial charge in [-0.05, 0) is 30.2 Å². The van der Waals surface area contributed by atoms with E-state index in [1.165, 1.54) is 31.4 Å². The number of halogens is 4. The van der Waals surface area contributed by atoms with Crippen molar-refractivity contribution in [2.75, 3.05) is 13.2 Å². The molecule has 1 aliphatic heterocycles. The Bertz CT molecular complexity index is 794. The normalized spacial score (nSPS) is 19.5. The molecule has 0 bridgehead atoms. The number of unbranched alkanes of at least 4 members (excludes halogenated alkanes) is 3. The molecule has 0 radical (unpaired) electrons. The molecule has 0 N–H and O–H groups in total. The standard InChI is InChI=1S/C23H26F4O2/c1-2-3-4-5-6-15-13-28-23(29-14-15)16-7-8-18(20(25)9-16)17-10-21(26)19(12-24)22(27)11-17/h7-11,15,23H,2-6,12-14H2,1H3. The Balaban J connectivity index is 1.65. The van der Waals surface area contributed by atoms with Gasteiger partial charge in [0.2, 0.25) is 0 Å². The maximum Gasteiger partial charge on any atom is 0.183 e. The second kappa shape index (κ2) is 10.2. The lowest BCUT2D eigenvalue weighted by atomic mass is 10.00. The van der Waals surface area contributed by atoms with E-state index in [1.54, 1.807) is 6.07 Å². The van der Waals surface area contributed by atoms with Gasteiger partial charge in [0.1, 0.15) is 24.1 Å². The summed E-state index contributed by atoms with van der Waals surface area (Å²) in [5.74, 6) is -2.37. The highest BCUT2D eigenvalue weighted by atomic mass is 19.1. The summed E-state index contributed by atoms with van der Waals surface area (Å²) in [6.45, 7) is 2.03. The maximum atomic E-state index is 14.6. The quantitative estimate of drug-likeness (QED) is 0.349. The van der Waals surface area contributed by atoms with Crippen LogP contribution in [0, 0.1) is 23.4 Å². The number of rotatable bonds is 8. The summed E-state index contributed by atoms with van der Waals surface area (Å²) in [6, 6.07) is 6.17. The van der Waals surface area contributed by atoms with Gasteiger partial charge in [0, 0.05) is 17.0 Å². The van der Waals surface area contributed by atoms with Crippen molar-refractivity contribution in [3.63, 3.8) is 0 Å². The minimum atomic E-state index is -1.25. The third kappa shape index (κ3) is 5.37. The molecule has 0 spiro atoms. The summed E-state index contributed by atoms with van der Waals surface area (Å²) in [4.78, 5) is 0. The van der Waals surface area contributed by atoms with Crippen LogP contribution in [0.2, 0.25) is 0 Å². The molecule has 2 aromatic carbocycles. The van der Waals surface area contributed by atoms with Gasteiger partial charge in [-0.15, -0.1) is 0 Å². The van der Waals surface area contributed by atoms with Gasteiger partial charge in [0.05, 0.1) is 18.8 Å². The van der Waals surface area contributed by atoms with Crippen LogP contribution in [0.3, 0.4) is 0 Å². The Morgan fingerprint density at radius 3 is 2.17 bits per heavy atom. The first-order chi connectivity index (χ1) is 14.0. The lowest BCUT2D eigenvalue weighted by Crippen LogP contribution is -2.27. The van der Waals surface area contributed by atoms with Crippen LogP contribution in [-0.4, -0.2) is 13.2 Å². The van der Waals surface area contributed by atoms with Crippen LogP contribution in [0.25, 0.3) is 11.1 Å². The zero-order chi connectivity index (χ0) is 20.8. The minimum Gasteiger partial charge on any atom is -0.348 e. The van der Waals surface area contributed by atoms with Gasteiger partial charge in [-0.25, -0.2) is 17.6 Å². The summed E-state index contributed by atoms with van der Waals surface area (Å²) >= 11 is 0. The van der Waals surface area contributed by atoms with Gasteiger partial charge in [-0.3, -0.25) is 0 Å². The van der Waals surface area contributed by atoms with E-state index in [2.05, 4.69) is 6.92 Å². The average molecular weight is 410 g/mol. The van der Waals surface area contributed by atoms with Crippen molar-refractivity contribution in [1.29, 1.82) is 0 Å². The first-order valence-corrected chi connectivity index (χ1v) is 10.1. The van der Waals surface area contributed by atoms with Crippen LogP contribution in [-0.2, 0) is 16.1 Å². The van der Waals surface area contributed by atoms with Crippen LogP contribution >= 0.6 is 0 Å². The highest BCUT2D eigenvalue weighted by Gasteiger charge is 2.24. The molecule has 29 heavy (non-hydrogen) atoms. The second-order valence-corrected chi connectivity index (χ2v) is 7.51. The molecule has 0 saturated carbocycles. The van der Waals surface area contributed by atoms with E-state index in [9.17, 15) is 17.6 Å². The molecule has 6 heteroatoms. The summed E-state index contributed by atoms with van der Waals surface area (Å²) < 4.78 is 66.4. The lowest BCUT2D eigenvalue weighted by Gasteiger charge is -2.29. The van der Waals surface area contributed by atoms with E-state index in [0.717, 1.165) is 25.0 Å². The third-order valence-corrected chi connectivity index (χ3v) is 5.28. The smallest absolute Gasteiger partial charge is 0.183 e. The number of ether oxygens (including phenoxy) is 2. The van der Waals surface area contributed by atoms with Crippen molar-refractivity contribution in [2.45, 2.75) is 52.0 Å². The zero-order valence-electron chi connectivity index (χ0n) is 16.5. The molecule has 1 heterocycles. The van der Waals surface area contributed by atoms with E-state index in [1.807, 2.05) is 0 Å². The van der Waals surface area contributed by atoms with Crippen LogP contribution in [0.4, 0.5) is 17.6 Å². The fraction of sp³-hybridized carbons (Fsp3) is 0.478. The summed E-state index contributed by atoms with van der Waals surface area (Å²) in [5, 5.41) is 0. The van der Waals surface area contributed by atoms with Crippen LogP contribution in [0.15, 0.2) is 30.3 Å². The van der Waals surface area contributed by atoms with Crippen molar-refractivity contribution in [3.8, 4) is 11.1 Å². The SMILES string of the molecule is CCCCCCC1COC(c2ccc(-c3cc(F)c(CF)c(F)c3)c(F)c2)OC1. The highest BCUT2D eigenvalue weighted by Crippen LogP contribution is 2.32. The van der Waals surface area contributed by atoms with E-state index in [-0.39, 0.29) is 11.1 Å². The van der Waals surface area contributed by atoms with E-state index >= 15 is 0 Å². The van der Waals surface area contributed by atoms with Crippen molar-refractivity contribution in [2.24, 2.45) is 5.92 Å². The number of hydrogen-bond donors (Lipinski definition) is 0. The fourth-order valence-corrected chi connectivity index (χ4v) is 3.56. The van der Waals surface area contributed by atoms with Gasteiger partial charge in [0.15, 0.2) is 6.29 Å². The molecule has 0 unspecified atom stereocenters. The van der Waals surface area contributed by atoms with Crippen molar-refractivity contribution in [3.05, 3.63) is 58.9 Å². The first-order valence-electron chi connectivity index (χ1n) is 10.1. The predicted molar refractivity (Wildman–Crippen MR) is 103 cm³/mol. The largest absolute Gasteiger partial charge is 0.348 e. The van der Waals surface area contributed by atoms with Crippen LogP contribution < -0.4 is 0 Å². The topological polar surface area (TPSA) is 18.5 Å². The molecule has 3 rings (SSSR count). The molecule has 1 fully saturated rings. The van der Waals surface area contributed by atoms with Gasteiger partial charge >= 0.3 is 0 Å². The Morgan fingerprint density at radius 1 is 0.897 bits per heavy atom. The second-order valence-electron chi connectivity index (χ2n) is 7.51. The minimum absolute atomic E-state index is 0.0128. The van der Waals surface area contributed by atoms with E-state index in [0.29, 0.717) is 24.7 Å². The fourth-order valence-electron chi connectivity index (χ4n) is 3.56. The third-order valence-electron chi connectivity index (χ3n) is 5.28. The highest BCUT2D eigenvalue weighted by molar-refractivity contribution is 5.65. The Labute approximate surface area is 168 Å². The molecule has 158 valence electrons. The van der Waals surface area contributed by atoms with Crippen LogP contribution in [0.5, 0.6) is 0 Å². The van der Waals surface area contributed by atoms with Gasteiger partial charge < -0.3 is 9.47 Å². The molecule has 0 atom stereocenters. The number of benzene rings is 2. The van der Waals surface area contributed by atoms with Crippen molar-refractivity contribution < 1.29 is 27.0 Å². The van der Waals surface area contributed by atoms with E-state index in [4.69, 9.17) is 9.47 Å². The molecule has 2 nitrogen and oxygen atoms in total. The Hall–Kier alpha value is -1.92. The first kappa shape index (κ1) is 21.8. The lowest BCUT2D eigenvalue weighted by molar-refractivity contribution is -0.206. The number of hydrogen-bond acceptors (Lipinski definition) is 2. The molecule has 1 aliphatic rings. The molecule has 2 aromatic rings. The maximum absolute atomic E-state index is 14.6. The van der Waals surface area contributed by atoms with Gasteiger partial charge in [-0.1, -0.05) is 44.7 Å². The monoisotopic (exact) mass is 410 g/mol. The molecule has 0 aromatic heterocycles. The predicted octanol–water partition coefficient (Wildman–Crippen LogP) is 6.87. The van der Waals surface area contributed by atoms with E-state index < -0.39 is 36.0 Å². The Morgan fingerprint density at radius 2 is 1.59 bits per heavy atom. The van der Waals surface area contributed by atoms with Gasteiger partial charge in [-0.2, -0.15) is 0 Å². The zero-order valence-corrected chi connectivity index (χ0v) is 16.5. The molecular weight excluding hydrogens is 384 g/mol. The van der Waals surface area contributed by atoms with Crippen molar-refractivity contribution in [1.82, 2.24) is 0 Å². The average Bonchev–Trinajstić information content (AvgIpc) is 2.71. The number of alkyl halides is 1. The summed E-state index contributed by atoms with van der Waals surface area (Å²) in [6.07, 6.45) is 5.16. The van der Waals surface area contributed by atoms with Gasteiger partial charge in [0.25, 0.3) is 0 Å². The van der Waals surface area contributed by atoms with Crippen LogP contribution in [0.1, 0.15) is 56.4 Å². The molecule has 0 aliphatic carbocycles. The molecular formula is C23H26F4O2. The Kier molecular flexibility index (Phi) is 7.67. The summed E-state index contributed by atoms with van der Waals surface area (Å²) in [5.41, 5.74) is -0.100. The summed E-state index contributed by atoms with van der Waals surface area (Å²) in [7, 11) is 0. The van der Waals surface area contributed by atoms with Crippen molar-refractivity contribution >= 4 is 0 Å².